The molecule has 0 atom stereocenters. The number of carbonyl (C=O) groups is 1. The van der Waals surface area contributed by atoms with Crippen LogP contribution < -0.4 is 4.74 Å². The summed E-state index contributed by atoms with van der Waals surface area (Å²) in [5, 5.41) is 0. The predicted molar refractivity (Wildman–Crippen MR) is 69.9 cm³/mol. The molecule has 1 aromatic carbocycles. The SMILES string of the molecule is COc1ccc(CC(=O)CC2(OC)CCC2)cc1F. The number of hydrogen-bond acceptors (Lipinski definition) is 3. The van der Waals surface area contributed by atoms with Crippen LogP contribution in [0.5, 0.6) is 5.75 Å². The van der Waals surface area contributed by atoms with Crippen molar-refractivity contribution in [2.24, 2.45) is 0 Å². The Bertz CT molecular complexity index is 461. The van der Waals surface area contributed by atoms with Crippen LogP contribution in [0.2, 0.25) is 0 Å². The molecular formula is C15H19FO3. The maximum absolute atomic E-state index is 13.5. The minimum Gasteiger partial charge on any atom is -0.494 e. The van der Waals surface area contributed by atoms with Crippen molar-refractivity contribution in [2.75, 3.05) is 14.2 Å². The zero-order chi connectivity index (χ0) is 13.9. The van der Waals surface area contributed by atoms with Crippen molar-refractivity contribution >= 4 is 5.78 Å². The number of ketones is 1. The third-order valence-electron chi connectivity index (χ3n) is 3.83. The highest BCUT2D eigenvalue weighted by atomic mass is 19.1. The first kappa shape index (κ1) is 14.0. The lowest BCUT2D eigenvalue weighted by molar-refractivity contribution is -0.131. The van der Waals surface area contributed by atoms with Crippen molar-refractivity contribution in [3.8, 4) is 5.75 Å². The van der Waals surface area contributed by atoms with Gasteiger partial charge in [0.05, 0.1) is 12.7 Å². The van der Waals surface area contributed by atoms with E-state index < -0.39 is 5.82 Å². The zero-order valence-corrected chi connectivity index (χ0v) is 11.4. The lowest BCUT2D eigenvalue weighted by Gasteiger charge is -2.40. The second-order valence-corrected chi connectivity index (χ2v) is 5.10. The van der Waals surface area contributed by atoms with E-state index in [-0.39, 0.29) is 23.6 Å². The Morgan fingerprint density at radius 3 is 2.58 bits per heavy atom. The van der Waals surface area contributed by atoms with E-state index in [0.717, 1.165) is 19.3 Å². The number of ether oxygens (including phenoxy) is 2. The summed E-state index contributed by atoms with van der Waals surface area (Å²) in [5.41, 5.74) is 0.413. The van der Waals surface area contributed by atoms with Crippen molar-refractivity contribution in [3.05, 3.63) is 29.6 Å². The van der Waals surface area contributed by atoms with Gasteiger partial charge >= 0.3 is 0 Å². The maximum Gasteiger partial charge on any atom is 0.165 e. The highest BCUT2D eigenvalue weighted by Crippen LogP contribution is 2.38. The molecule has 0 bridgehead atoms. The summed E-state index contributed by atoms with van der Waals surface area (Å²) in [6.07, 6.45) is 3.64. The van der Waals surface area contributed by atoms with E-state index >= 15 is 0 Å². The predicted octanol–water partition coefficient (Wildman–Crippen LogP) is 2.91. The van der Waals surface area contributed by atoms with Crippen LogP contribution in [0.15, 0.2) is 18.2 Å². The van der Waals surface area contributed by atoms with Crippen molar-refractivity contribution in [2.45, 2.75) is 37.7 Å². The van der Waals surface area contributed by atoms with Crippen LogP contribution in [0, 0.1) is 5.82 Å². The maximum atomic E-state index is 13.5. The first-order valence-corrected chi connectivity index (χ1v) is 6.48. The molecule has 0 radical (unpaired) electrons. The van der Waals surface area contributed by atoms with E-state index in [0.29, 0.717) is 12.0 Å². The summed E-state index contributed by atoms with van der Waals surface area (Å²) in [5.74, 6) is -0.146. The minimum absolute atomic E-state index is 0.0890. The molecule has 0 unspecified atom stereocenters. The molecule has 0 heterocycles. The Morgan fingerprint density at radius 2 is 2.11 bits per heavy atom. The van der Waals surface area contributed by atoms with Gasteiger partial charge in [-0.05, 0) is 37.0 Å². The number of rotatable bonds is 6. The molecule has 0 amide bonds. The molecule has 1 saturated carbocycles. The second kappa shape index (κ2) is 5.70. The van der Waals surface area contributed by atoms with Crippen LogP contribution in [-0.2, 0) is 16.0 Å². The van der Waals surface area contributed by atoms with E-state index in [4.69, 9.17) is 9.47 Å². The number of methoxy groups -OCH3 is 2. The van der Waals surface area contributed by atoms with Crippen LogP contribution in [0.25, 0.3) is 0 Å². The summed E-state index contributed by atoms with van der Waals surface area (Å²) in [6, 6.07) is 4.63. The highest BCUT2D eigenvalue weighted by Gasteiger charge is 2.38. The van der Waals surface area contributed by atoms with Crippen molar-refractivity contribution in [3.63, 3.8) is 0 Å². The van der Waals surface area contributed by atoms with E-state index in [1.54, 1.807) is 19.2 Å². The van der Waals surface area contributed by atoms with Crippen LogP contribution in [0.4, 0.5) is 4.39 Å². The van der Waals surface area contributed by atoms with Gasteiger partial charge in [-0.2, -0.15) is 0 Å². The number of benzene rings is 1. The largest absolute Gasteiger partial charge is 0.494 e. The highest BCUT2D eigenvalue weighted by molar-refractivity contribution is 5.82. The van der Waals surface area contributed by atoms with Gasteiger partial charge in [0.25, 0.3) is 0 Å². The van der Waals surface area contributed by atoms with Crippen LogP contribution in [0.3, 0.4) is 0 Å². The zero-order valence-electron chi connectivity index (χ0n) is 11.4. The second-order valence-electron chi connectivity index (χ2n) is 5.10. The number of halogens is 1. The van der Waals surface area contributed by atoms with Crippen LogP contribution >= 0.6 is 0 Å². The fourth-order valence-corrected chi connectivity index (χ4v) is 2.49. The summed E-state index contributed by atoms with van der Waals surface area (Å²) in [4.78, 5) is 12.0. The van der Waals surface area contributed by atoms with Crippen LogP contribution in [0.1, 0.15) is 31.2 Å². The summed E-state index contributed by atoms with van der Waals surface area (Å²) in [7, 11) is 3.07. The molecule has 3 nitrogen and oxygen atoms in total. The van der Waals surface area contributed by atoms with E-state index in [1.165, 1.54) is 13.2 Å². The van der Waals surface area contributed by atoms with Gasteiger partial charge in [0.15, 0.2) is 11.6 Å². The van der Waals surface area contributed by atoms with Gasteiger partial charge in [0.2, 0.25) is 0 Å². The molecule has 4 heteroatoms. The molecule has 2 rings (SSSR count). The Morgan fingerprint density at radius 1 is 1.37 bits per heavy atom. The molecule has 104 valence electrons. The quantitative estimate of drug-likeness (QED) is 0.794. The Balaban J connectivity index is 1.97. The summed E-state index contributed by atoms with van der Waals surface area (Å²) < 4.78 is 23.8. The van der Waals surface area contributed by atoms with Gasteiger partial charge in [0.1, 0.15) is 5.78 Å². The lowest BCUT2D eigenvalue weighted by atomic mass is 9.76. The van der Waals surface area contributed by atoms with E-state index in [9.17, 15) is 9.18 Å². The number of Topliss-reactive ketones (excluding diaryl/α,β-unsaturated/α-hetero) is 1. The summed E-state index contributed by atoms with van der Waals surface area (Å²) in [6.45, 7) is 0. The lowest BCUT2D eigenvalue weighted by Crippen LogP contribution is -2.41. The molecular weight excluding hydrogens is 247 g/mol. The van der Waals surface area contributed by atoms with Gasteiger partial charge in [-0.1, -0.05) is 6.07 Å². The van der Waals surface area contributed by atoms with Gasteiger partial charge in [0, 0.05) is 20.0 Å². The number of carbonyl (C=O) groups excluding carboxylic acids is 1. The van der Waals surface area contributed by atoms with Crippen LogP contribution in [-0.4, -0.2) is 25.6 Å². The Labute approximate surface area is 112 Å². The average molecular weight is 266 g/mol. The molecule has 19 heavy (non-hydrogen) atoms. The third kappa shape index (κ3) is 3.13. The number of hydrogen-bond donors (Lipinski definition) is 0. The standard InChI is InChI=1S/C15H19FO3/c1-18-14-5-4-11(9-13(14)16)8-12(17)10-15(19-2)6-3-7-15/h4-5,9H,3,6-8,10H2,1-2H3. The third-order valence-corrected chi connectivity index (χ3v) is 3.83. The molecule has 1 aliphatic rings. The molecule has 0 N–H and O–H groups in total. The molecule has 0 aromatic heterocycles. The fraction of sp³-hybridized carbons (Fsp3) is 0.533. The molecule has 1 aromatic rings. The van der Waals surface area contributed by atoms with Gasteiger partial charge in [-0.15, -0.1) is 0 Å². The normalized spacial score (nSPS) is 16.8. The topological polar surface area (TPSA) is 35.5 Å². The van der Waals surface area contributed by atoms with Crippen molar-refractivity contribution in [1.82, 2.24) is 0 Å². The van der Waals surface area contributed by atoms with Gasteiger partial charge in [-0.25, -0.2) is 4.39 Å². The summed E-state index contributed by atoms with van der Waals surface area (Å²) >= 11 is 0. The molecule has 0 spiro atoms. The molecule has 1 aliphatic carbocycles. The van der Waals surface area contributed by atoms with E-state index in [2.05, 4.69) is 0 Å². The van der Waals surface area contributed by atoms with Gasteiger partial charge in [-0.3, -0.25) is 4.79 Å². The fourth-order valence-electron chi connectivity index (χ4n) is 2.49. The van der Waals surface area contributed by atoms with Gasteiger partial charge < -0.3 is 9.47 Å². The smallest absolute Gasteiger partial charge is 0.165 e. The Kier molecular flexibility index (Phi) is 4.20. The molecule has 0 saturated heterocycles. The Hall–Kier alpha value is -1.42. The monoisotopic (exact) mass is 266 g/mol. The molecule has 1 fully saturated rings. The first-order valence-electron chi connectivity index (χ1n) is 6.48. The average Bonchev–Trinajstić information content (AvgIpc) is 2.34. The van der Waals surface area contributed by atoms with Crippen molar-refractivity contribution in [1.29, 1.82) is 0 Å². The minimum atomic E-state index is -0.433. The first-order chi connectivity index (χ1) is 9.08. The van der Waals surface area contributed by atoms with E-state index in [1.807, 2.05) is 0 Å². The van der Waals surface area contributed by atoms with Crippen molar-refractivity contribution < 1.29 is 18.7 Å². The molecule has 0 aliphatic heterocycles.